The second-order valence-corrected chi connectivity index (χ2v) is 4.70. The zero-order valence-electron chi connectivity index (χ0n) is 9.08. The van der Waals surface area contributed by atoms with Crippen LogP contribution in [0.4, 0.5) is 0 Å². The molecule has 0 saturated heterocycles. The molecule has 1 N–H and O–H groups in total. The number of halogens is 1. The van der Waals surface area contributed by atoms with Crippen LogP contribution in [0.3, 0.4) is 0 Å². The minimum atomic E-state index is -0.225. The van der Waals surface area contributed by atoms with Gasteiger partial charge >= 0.3 is 0 Å². The molecule has 0 radical (unpaired) electrons. The Balaban J connectivity index is 2.72. The van der Waals surface area contributed by atoms with Crippen LogP contribution in [0.2, 0.25) is 0 Å². The highest BCUT2D eigenvalue weighted by atomic mass is 79.9. The molecule has 0 aromatic carbocycles. The van der Waals surface area contributed by atoms with E-state index >= 15 is 0 Å². The molecule has 0 spiro atoms. The van der Waals surface area contributed by atoms with Crippen LogP contribution >= 0.6 is 15.9 Å². The van der Waals surface area contributed by atoms with Crippen LogP contribution in [0.1, 0.15) is 27.2 Å². The molecule has 0 amide bonds. The van der Waals surface area contributed by atoms with Gasteiger partial charge in [0.05, 0.1) is 12.4 Å². The number of hydrogen-bond donors (Lipinski definition) is 1. The van der Waals surface area contributed by atoms with Crippen molar-refractivity contribution in [3.8, 4) is 5.88 Å². The fraction of sp³-hybridized carbons (Fsp3) is 0.600. The van der Waals surface area contributed by atoms with E-state index in [-0.39, 0.29) is 11.7 Å². The summed E-state index contributed by atoms with van der Waals surface area (Å²) >= 11 is 3.14. The number of hydrogen-bond acceptors (Lipinski definition) is 3. The highest BCUT2D eigenvalue weighted by Gasteiger charge is 2.11. The van der Waals surface area contributed by atoms with Gasteiger partial charge in [-0.3, -0.25) is 4.79 Å². The number of H-pyrrole nitrogens is 1. The van der Waals surface area contributed by atoms with E-state index in [0.717, 1.165) is 6.42 Å². The van der Waals surface area contributed by atoms with E-state index in [0.29, 0.717) is 16.3 Å². The van der Waals surface area contributed by atoms with Gasteiger partial charge in [0, 0.05) is 0 Å². The molecule has 4 nitrogen and oxygen atoms in total. The second kappa shape index (κ2) is 5.30. The molecular weight excluding hydrogens is 260 g/mol. The number of nitrogens with one attached hydrogen (secondary N) is 1. The van der Waals surface area contributed by atoms with Gasteiger partial charge in [-0.1, -0.05) is 13.8 Å². The summed E-state index contributed by atoms with van der Waals surface area (Å²) in [6, 6.07) is 0. The molecule has 0 bridgehead atoms. The first-order valence-electron chi connectivity index (χ1n) is 4.90. The van der Waals surface area contributed by atoms with Crippen LogP contribution in [0, 0.1) is 5.92 Å². The lowest BCUT2D eigenvalue weighted by atomic mass is 10.1. The van der Waals surface area contributed by atoms with Gasteiger partial charge in [0.1, 0.15) is 4.47 Å². The summed E-state index contributed by atoms with van der Waals surface area (Å²) in [5, 5.41) is 0. The Morgan fingerprint density at radius 2 is 2.20 bits per heavy atom. The van der Waals surface area contributed by atoms with Gasteiger partial charge < -0.3 is 9.72 Å². The van der Waals surface area contributed by atoms with Gasteiger partial charge in [-0.15, -0.1) is 0 Å². The zero-order chi connectivity index (χ0) is 11.4. The quantitative estimate of drug-likeness (QED) is 0.917. The molecule has 0 aliphatic rings. The van der Waals surface area contributed by atoms with Gasteiger partial charge in [0.15, 0.2) is 0 Å². The van der Waals surface area contributed by atoms with Gasteiger partial charge in [-0.2, -0.15) is 0 Å². The average molecular weight is 275 g/mol. The smallest absolute Gasteiger partial charge is 0.268 e. The molecule has 0 aliphatic carbocycles. The van der Waals surface area contributed by atoms with Crippen LogP contribution in [0.5, 0.6) is 5.88 Å². The molecule has 5 heteroatoms. The lowest BCUT2D eigenvalue weighted by Crippen LogP contribution is -2.18. The number of rotatable bonds is 4. The van der Waals surface area contributed by atoms with E-state index in [2.05, 4.69) is 39.7 Å². The Bertz CT molecular complexity index is 376. The third-order valence-corrected chi connectivity index (χ3v) is 2.58. The van der Waals surface area contributed by atoms with E-state index in [1.807, 2.05) is 6.92 Å². The molecule has 0 fully saturated rings. The highest BCUT2D eigenvalue weighted by Crippen LogP contribution is 2.19. The van der Waals surface area contributed by atoms with Crippen molar-refractivity contribution in [1.29, 1.82) is 0 Å². The molecule has 1 unspecified atom stereocenters. The van der Waals surface area contributed by atoms with Crippen molar-refractivity contribution in [3.05, 3.63) is 21.2 Å². The predicted octanol–water partition coefficient (Wildman–Crippen LogP) is 2.35. The van der Waals surface area contributed by atoms with Crippen molar-refractivity contribution >= 4 is 15.9 Å². The van der Waals surface area contributed by atoms with Crippen molar-refractivity contribution in [2.24, 2.45) is 5.92 Å². The Morgan fingerprint density at radius 1 is 1.53 bits per heavy atom. The predicted molar refractivity (Wildman–Crippen MR) is 62.1 cm³/mol. The van der Waals surface area contributed by atoms with Crippen molar-refractivity contribution in [3.63, 3.8) is 0 Å². The Labute approximate surface area is 97.2 Å². The lowest BCUT2D eigenvalue weighted by Gasteiger charge is -2.15. The van der Waals surface area contributed by atoms with E-state index < -0.39 is 0 Å². The monoisotopic (exact) mass is 274 g/mol. The summed E-state index contributed by atoms with van der Waals surface area (Å²) < 4.78 is 5.91. The van der Waals surface area contributed by atoms with E-state index in [1.165, 1.54) is 6.33 Å². The fourth-order valence-electron chi connectivity index (χ4n) is 1.35. The van der Waals surface area contributed by atoms with E-state index in [9.17, 15) is 4.79 Å². The molecule has 1 aromatic heterocycles. The van der Waals surface area contributed by atoms with Crippen molar-refractivity contribution in [1.82, 2.24) is 9.97 Å². The molecule has 1 rings (SSSR count). The largest absolute Gasteiger partial charge is 0.474 e. The molecule has 0 saturated carbocycles. The normalized spacial score (nSPS) is 12.9. The molecule has 1 atom stereocenters. The highest BCUT2D eigenvalue weighted by molar-refractivity contribution is 9.10. The van der Waals surface area contributed by atoms with Gasteiger partial charge in [-0.25, -0.2) is 4.98 Å². The fourth-order valence-corrected chi connectivity index (χ4v) is 1.66. The Hall–Kier alpha value is -0.840. The standard InChI is InChI=1S/C10H15BrN2O2/c1-6(2)4-7(3)15-10-8(11)9(14)12-5-13-10/h5-7H,4H2,1-3H3,(H,12,13,14). The first-order chi connectivity index (χ1) is 7.00. The van der Waals surface area contributed by atoms with Crippen molar-refractivity contribution in [2.45, 2.75) is 33.3 Å². The minimum absolute atomic E-state index is 0.0515. The van der Waals surface area contributed by atoms with Gasteiger partial charge in [0.2, 0.25) is 5.88 Å². The maximum absolute atomic E-state index is 11.2. The van der Waals surface area contributed by atoms with Gasteiger partial charge in [0.25, 0.3) is 5.56 Å². The summed E-state index contributed by atoms with van der Waals surface area (Å²) in [6.45, 7) is 6.22. The SMILES string of the molecule is CC(C)CC(C)Oc1nc[nH]c(=O)c1Br. The summed E-state index contributed by atoms with van der Waals surface area (Å²) in [6.07, 6.45) is 2.32. The first-order valence-corrected chi connectivity index (χ1v) is 5.69. The maximum Gasteiger partial charge on any atom is 0.268 e. The second-order valence-electron chi connectivity index (χ2n) is 3.91. The number of ether oxygens (including phenoxy) is 1. The summed E-state index contributed by atoms with van der Waals surface area (Å²) in [5.41, 5.74) is -0.225. The Kier molecular flexibility index (Phi) is 4.32. The minimum Gasteiger partial charge on any atom is -0.474 e. The molecule has 15 heavy (non-hydrogen) atoms. The molecule has 0 aliphatic heterocycles. The molecular formula is C10H15BrN2O2. The lowest BCUT2D eigenvalue weighted by molar-refractivity contribution is 0.184. The average Bonchev–Trinajstić information content (AvgIpc) is 2.11. The van der Waals surface area contributed by atoms with Crippen molar-refractivity contribution < 1.29 is 4.74 Å². The number of nitrogens with zero attached hydrogens (tertiary/aromatic N) is 1. The number of aromatic amines is 1. The third-order valence-electron chi connectivity index (χ3n) is 1.88. The summed E-state index contributed by atoms with van der Waals surface area (Å²) in [7, 11) is 0. The zero-order valence-corrected chi connectivity index (χ0v) is 10.7. The van der Waals surface area contributed by atoms with Crippen LogP contribution in [0.15, 0.2) is 15.6 Å². The molecule has 1 heterocycles. The number of aromatic nitrogens is 2. The van der Waals surface area contributed by atoms with Crippen LogP contribution in [-0.4, -0.2) is 16.1 Å². The third kappa shape index (κ3) is 3.66. The van der Waals surface area contributed by atoms with E-state index in [1.54, 1.807) is 0 Å². The summed E-state index contributed by atoms with van der Waals surface area (Å²) in [5.74, 6) is 0.910. The van der Waals surface area contributed by atoms with E-state index in [4.69, 9.17) is 4.74 Å². The summed E-state index contributed by atoms with van der Waals surface area (Å²) in [4.78, 5) is 17.6. The Morgan fingerprint density at radius 3 is 2.80 bits per heavy atom. The van der Waals surface area contributed by atoms with Crippen molar-refractivity contribution in [2.75, 3.05) is 0 Å². The topological polar surface area (TPSA) is 55.0 Å². The first kappa shape index (κ1) is 12.2. The van der Waals surface area contributed by atoms with Crippen LogP contribution in [-0.2, 0) is 0 Å². The van der Waals surface area contributed by atoms with Crippen LogP contribution < -0.4 is 10.3 Å². The molecule has 1 aromatic rings. The van der Waals surface area contributed by atoms with Gasteiger partial charge in [-0.05, 0) is 35.2 Å². The van der Waals surface area contributed by atoms with Crippen LogP contribution in [0.25, 0.3) is 0 Å². The molecule has 84 valence electrons. The maximum atomic E-state index is 11.2.